The Morgan fingerprint density at radius 2 is 2.23 bits per heavy atom. The molecule has 1 unspecified atom stereocenters. The van der Waals surface area contributed by atoms with Crippen LogP contribution >= 0.6 is 0 Å². The Morgan fingerprint density at radius 3 is 2.62 bits per heavy atom. The second-order valence-corrected chi connectivity index (χ2v) is 3.20. The molecule has 0 aliphatic rings. The number of hydrogen-bond donors (Lipinski definition) is 0. The van der Waals surface area contributed by atoms with Crippen molar-refractivity contribution in [2.45, 2.75) is 32.4 Å². The van der Waals surface area contributed by atoms with Crippen LogP contribution in [0.15, 0.2) is 12.7 Å². The second kappa shape index (κ2) is 6.66. The van der Waals surface area contributed by atoms with Gasteiger partial charge in [-0.05, 0) is 26.9 Å². The average molecular weight is 185 g/mol. The van der Waals surface area contributed by atoms with Gasteiger partial charge < -0.3 is 4.74 Å². The standard InChI is InChI=1S/C10H19NO2/c1-5-7-8-9(11(3)4)13-10(12)6-2/h6,9H,2,5,7-8H2,1,3-4H3. The van der Waals surface area contributed by atoms with E-state index in [0.29, 0.717) is 0 Å². The van der Waals surface area contributed by atoms with Crippen LogP contribution < -0.4 is 0 Å². The number of carbonyl (C=O) groups is 1. The minimum absolute atomic E-state index is 0.120. The van der Waals surface area contributed by atoms with Crippen molar-refractivity contribution in [3.63, 3.8) is 0 Å². The topological polar surface area (TPSA) is 29.5 Å². The first-order valence-electron chi connectivity index (χ1n) is 4.61. The summed E-state index contributed by atoms with van der Waals surface area (Å²) in [4.78, 5) is 12.8. The predicted molar refractivity (Wildman–Crippen MR) is 53.3 cm³/mol. The third kappa shape index (κ3) is 5.42. The van der Waals surface area contributed by atoms with Gasteiger partial charge in [-0.1, -0.05) is 19.9 Å². The SMILES string of the molecule is C=CC(=O)OC(CCCC)N(C)C. The minimum Gasteiger partial charge on any atom is -0.443 e. The van der Waals surface area contributed by atoms with E-state index in [9.17, 15) is 4.79 Å². The van der Waals surface area contributed by atoms with E-state index >= 15 is 0 Å². The van der Waals surface area contributed by atoms with Crippen molar-refractivity contribution >= 4 is 5.97 Å². The quantitative estimate of drug-likeness (QED) is 0.359. The molecule has 0 aromatic rings. The Hall–Kier alpha value is -0.830. The van der Waals surface area contributed by atoms with Crippen LogP contribution in [0.25, 0.3) is 0 Å². The van der Waals surface area contributed by atoms with Crippen molar-refractivity contribution in [3.05, 3.63) is 12.7 Å². The van der Waals surface area contributed by atoms with Gasteiger partial charge in [-0.15, -0.1) is 0 Å². The highest BCUT2D eigenvalue weighted by Crippen LogP contribution is 2.07. The normalized spacial score (nSPS) is 12.6. The van der Waals surface area contributed by atoms with Crippen molar-refractivity contribution < 1.29 is 9.53 Å². The molecule has 0 aliphatic heterocycles. The largest absolute Gasteiger partial charge is 0.443 e. The van der Waals surface area contributed by atoms with Crippen LogP contribution in [0.4, 0.5) is 0 Å². The summed E-state index contributed by atoms with van der Waals surface area (Å²) >= 11 is 0. The Kier molecular flexibility index (Phi) is 6.24. The van der Waals surface area contributed by atoms with E-state index in [0.717, 1.165) is 19.3 Å². The molecule has 1 atom stereocenters. The molecule has 0 bridgehead atoms. The van der Waals surface area contributed by atoms with Crippen LogP contribution in [-0.2, 0) is 9.53 Å². The van der Waals surface area contributed by atoms with Gasteiger partial charge in [0.05, 0.1) is 0 Å². The number of ether oxygens (including phenoxy) is 1. The number of rotatable bonds is 6. The zero-order valence-corrected chi connectivity index (χ0v) is 8.75. The highest BCUT2D eigenvalue weighted by atomic mass is 16.6. The molecule has 76 valence electrons. The summed E-state index contributed by atoms with van der Waals surface area (Å²) in [5.41, 5.74) is 0. The van der Waals surface area contributed by atoms with Gasteiger partial charge in [0.2, 0.25) is 0 Å². The van der Waals surface area contributed by atoms with Crippen molar-refractivity contribution in [3.8, 4) is 0 Å². The molecule has 0 aromatic carbocycles. The summed E-state index contributed by atoms with van der Waals surface area (Å²) < 4.78 is 5.13. The van der Waals surface area contributed by atoms with Crippen LogP contribution in [0.5, 0.6) is 0 Å². The molecule has 0 heterocycles. The average Bonchev–Trinajstić information content (AvgIpc) is 2.11. The summed E-state index contributed by atoms with van der Waals surface area (Å²) in [5.74, 6) is -0.352. The van der Waals surface area contributed by atoms with Crippen molar-refractivity contribution in [1.82, 2.24) is 4.90 Å². The molecule has 0 aromatic heterocycles. The van der Waals surface area contributed by atoms with Gasteiger partial charge in [0, 0.05) is 6.08 Å². The Labute approximate surface area is 80.4 Å². The van der Waals surface area contributed by atoms with Crippen LogP contribution in [0.3, 0.4) is 0 Å². The molecule has 0 radical (unpaired) electrons. The van der Waals surface area contributed by atoms with E-state index in [4.69, 9.17) is 4.74 Å². The molecule has 0 spiro atoms. The fraction of sp³-hybridized carbons (Fsp3) is 0.700. The molecule has 13 heavy (non-hydrogen) atoms. The molecule has 0 saturated heterocycles. The molecule has 0 amide bonds. The van der Waals surface area contributed by atoms with E-state index in [2.05, 4.69) is 13.5 Å². The lowest BCUT2D eigenvalue weighted by Gasteiger charge is -2.23. The van der Waals surface area contributed by atoms with Crippen LogP contribution in [0.1, 0.15) is 26.2 Å². The highest BCUT2D eigenvalue weighted by molar-refractivity contribution is 5.81. The Morgan fingerprint density at radius 1 is 1.62 bits per heavy atom. The number of carbonyl (C=O) groups excluding carboxylic acids is 1. The molecule has 3 heteroatoms. The maximum Gasteiger partial charge on any atom is 0.331 e. The maximum absolute atomic E-state index is 10.9. The van der Waals surface area contributed by atoms with E-state index in [1.54, 1.807) is 0 Å². The van der Waals surface area contributed by atoms with Gasteiger partial charge in [0.15, 0.2) is 6.23 Å². The minimum atomic E-state index is -0.352. The fourth-order valence-corrected chi connectivity index (χ4v) is 0.983. The first kappa shape index (κ1) is 12.2. The van der Waals surface area contributed by atoms with Crippen LogP contribution in [0.2, 0.25) is 0 Å². The van der Waals surface area contributed by atoms with Gasteiger partial charge in [0.25, 0.3) is 0 Å². The van der Waals surface area contributed by atoms with Crippen molar-refractivity contribution in [2.75, 3.05) is 14.1 Å². The third-order valence-electron chi connectivity index (χ3n) is 1.80. The van der Waals surface area contributed by atoms with E-state index < -0.39 is 0 Å². The molecular formula is C10H19NO2. The fourth-order valence-electron chi connectivity index (χ4n) is 0.983. The van der Waals surface area contributed by atoms with E-state index in [1.165, 1.54) is 6.08 Å². The van der Waals surface area contributed by atoms with E-state index in [1.807, 2.05) is 19.0 Å². The molecule has 0 rings (SSSR count). The van der Waals surface area contributed by atoms with Crippen molar-refractivity contribution in [2.24, 2.45) is 0 Å². The van der Waals surface area contributed by atoms with Gasteiger partial charge in [-0.25, -0.2) is 4.79 Å². The number of esters is 1. The lowest BCUT2D eigenvalue weighted by Crippen LogP contribution is -2.32. The zero-order valence-electron chi connectivity index (χ0n) is 8.75. The lowest BCUT2D eigenvalue weighted by atomic mass is 10.2. The summed E-state index contributed by atoms with van der Waals surface area (Å²) in [5, 5.41) is 0. The summed E-state index contributed by atoms with van der Waals surface area (Å²) in [6, 6.07) is 0. The zero-order chi connectivity index (χ0) is 10.3. The summed E-state index contributed by atoms with van der Waals surface area (Å²) in [6.45, 7) is 5.47. The van der Waals surface area contributed by atoms with Gasteiger partial charge >= 0.3 is 5.97 Å². The molecule has 0 aliphatic carbocycles. The number of nitrogens with zero attached hydrogens (tertiary/aromatic N) is 1. The Balaban J connectivity index is 3.93. The first-order chi connectivity index (χ1) is 6.11. The molecule has 0 fully saturated rings. The smallest absolute Gasteiger partial charge is 0.331 e. The Bertz CT molecular complexity index is 166. The lowest BCUT2D eigenvalue weighted by molar-refractivity contribution is -0.151. The van der Waals surface area contributed by atoms with Crippen molar-refractivity contribution in [1.29, 1.82) is 0 Å². The summed E-state index contributed by atoms with van der Waals surface area (Å²) in [7, 11) is 3.80. The van der Waals surface area contributed by atoms with Gasteiger partial charge in [-0.3, -0.25) is 4.90 Å². The number of hydrogen-bond acceptors (Lipinski definition) is 3. The molecule has 3 nitrogen and oxygen atoms in total. The van der Waals surface area contributed by atoms with Crippen LogP contribution in [-0.4, -0.2) is 31.2 Å². The molecular weight excluding hydrogens is 166 g/mol. The first-order valence-corrected chi connectivity index (χ1v) is 4.61. The van der Waals surface area contributed by atoms with E-state index in [-0.39, 0.29) is 12.2 Å². The molecule has 0 N–H and O–H groups in total. The summed E-state index contributed by atoms with van der Waals surface area (Å²) in [6.07, 6.45) is 4.12. The second-order valence-electron chi connectivity index (χ2n) is 3.20. The van der Waals surface area contributed by atoms with Gasteiger partial charge in [0.1, 0.15) is 0 Å². The molecule has 0 saturated carbocycles. The maximum atomic E-state index is 10.9. The number of unbranched alkanes of at least 4 members (excludes halogenated alkanes) is 1. The van der Waals surface area contributed by atoms with Crippen LogP contribution in [0, 0.1) is 0 Å². The predicted octanol–water partition coefficient (Wildman–Crippen LogP) is 1.79. The third-order valence-corrected chi connectivity index (χ3v) is 1.80. The monoisotopic (exact) mass is 185 g/mol. The highest BCUT2D eigenvalue weighted by Gasteiger charge is 2.13. The van der Waals surface area contributed by atoms with Gasteiger partial charge in [-0.2, -0.15) is 0 Å².